The van der Waals surface area contributed by atoms with Gasteiger partial charge in [-0.3, -0.25) is 4.79 Å². The summed E-state index contributed by atoms with van der Waals surface area (Å²) in [5, 5.41) is 0. The summed E-state index contributed by atoms with van der Waals surface area (Å²) in [5.41, 5.74) is 1.09. The smallest absolute Gasteiger partial charge is 0.226 e. The van der Waals surface area contributed by atoms with E-state index in [2.05, 4.69) is 0 Å². The minimum absolute atomic E-state index is 0.284. The van der Waals surface area contributed by atoms with Gasteiger partial charge < -0.3 is 4.90 Å². The predicted molar refractivity (Wildman–Crippen MR) is 45.0 cm³/mol. The summed E-state index contributed by atoms with van der Waals surface area (Å²) in [6.45, 7) is 4.87. The van der Waals surface area contributed by atoms with Crippen molar-refractivity contribution < 1.29 is 4.79 Å². The number of rotatable bonds is 1. The highest BCUT2D eigenvalue weighted by Gasteiger charge is 2.18. The van der Waals surface area contributed by atoms with Crippen molar-refractivity contribution in [3.63, 3.8) is 0 Å². The van der Waals surface area contributed by atoms with Crippen LogP contribution < -0.4 is 0 Å². The SMILES string of the molecule is CC=C(C)N1CCCCC1=O. The summed E-state index contributed by atoms with van der Waals surface area (Å²) < 4.78 is 0. The fraction of sp³-hybridized carbons (Fsp3) is 0.667. The number of piperidine rings is 1. The lowest BCUT2D eigenvalue weighted by molar-refractivity contribution is -0.131. The van der Waals surface area contributed by atoms with Gasteiger partial charge in [0, 0.05) is 18.7 Å². The maximum atomic E-state index is 11.3. The normalized spacial score (nSPS) is 20.7. The van der Waals surface area contributed by atoms with Gasteiger partial charge in [-0.25, -0.2) is 0 Å². The summed E-state index contributed by atoms with van der Waals surface area (Å²) in [6.07, 6.45) is 4.93. The quantitative estimate of drug-likeness (QED) is 0.563. The number of hydrogen-bond acceptors (Lipinski definition) is 1. The molecule has 0 N–H and O–H groups in total. The first-order chi connectivity index (χ1) is 5.25. The Morgan fingerprint density at radius 1 is 1.55 bits per heavy atom. The molecule has 11 heavy (non-hydrogen) atoms. The summed E-state index contributed by atoms with van der Waals surface area (Å²) >= 11 is 0. The highest BCUT2D eigenvalue weighted by Crippen LogP contribution is 2.15. The fourth-order valence-electron chi connectivity index (χ4n) is 1.33. The van der Waals surface area contributed by atoms with E-state index in [0.717, 1.165) is 31.5 Å². The van der Waals surface area contributed by atoms with Crippen molar-refractivity contribution in [2.75, 3.05) is 6.54 Å². The van der Waals surface area contributed by atoms with Gasteiger partial charge in [0.15, 0.2) is 0 Å². The van der Waals surface area contributed by atoms with Crippen LogP contribution in [0, 0.1) is 0 Å². The summed E-state index contributed by atoms with van der Waals surface area (Å²) in [5.74, 6) is 0.284. The van der Waals surface area contributed by atoms with Crippen LogP contribution in [-0.2, 0) is 4.79 Å². The van der Waals surface area contributed by atoms with Crippen LogP contribution in [0.5, 0.6) is 0 Å². The van der Waals surface area contributed by atoms with Crippen LogP contribution in [0.4, 0.5) is 0 Å². The summed E-state index contributed by atoms with van der Waals surface area (Å²) in [4.78, 5) is 13.2. The molecule has 0 aromatic heterocycles. The number of allylic oxidation sites excluding steroid dienone is 2. The van der Waals surface area contributed by atoms with Crippen LogP contribution in [0.25, 0.3) is 0 Å². The van der Waals surface area contributed by atoms with Gasteiger partial charge >= 0.3 is 0 Å². The zero-order valence-electron chi connectivity index (χ0n) is 7.26. The molecule has 0 aliphatic carbocycles. The zero-order chi connectivity index (χ0) is 8.27. The van der Waals surface area contributed by atoms with E-state index in [4.69, 9.17) is 0 Å². The highest BCUT2D eigenvalue weighted by molar-refractivity contribution is 5.78. The molecule has 2 heteroatoms. The molecule has 0 radical (unpaired) electrons. The Balaban J connectivity index is 2.62. The van der Waals surface area contributed by atoms with E-state index in [0.29, 0.717) is 0 Å². The molecule has 1 aliphatic heterocycles. The maximum absolute atomic E-state index is 11.3. The van der Waals surface area contributed by atoms with Crippen molar-refractivity contribution in [1.82, 2.24) is 4.90 Å². The maximum Gasteiger partial charge on any atom is 0.226 e. The molecule has 0 spiro atoms. The number of carbonyl (C=O) groups is 1. The zero-order valence-corrected chi connectivity index (χ0v) is 7.26. The van der Waals surface area contributed by atoms with E-state index in [1.807, 2.05) is 24.8 Å². The van der Waals surface area contributed by atoms with E-state index in [1.165, 1.54) is 0 Å². The Kier molecular flexibility index (Phi) is 2.69. The fourth-order valence-corrected chi connectivity index (χ4v) is 1.33. The second kappa shape index (κ2) is 3.56. The van der Waals surface area contributed by atoms with Crippen molar-refractivity contribution in [2.24, 2.45) is 0 Å². The lowest BCUT2D eigenvalue weighted by Gasteiger charge is -2.27. The minimum atomic E-state index is 0.284. The van der Waals surface area contributed by atoms with Crippen LogP contribution in [0.3, 0.4) is 0 Å². The van der Waals surface area contributed by atoms with Crippen LogP contribution in [-0.4, -0.2) is 17.4 Å². The molecule has 62 valence electrons. The first-order valence-corrected chi connectivity index (χ1v) is 4.19. The van der Waals surface area contributed by atoms with Gasteiger partial charge in [-0.1, -0.05) is 6.08 Å². The summed E-state index contributed by atoms with van der Waals surface area (Å²) in [6, 6.07) is 0. The molecule has 0 bridgehead atoms. The van der Waals surface area contributed by atoms with Crippen LogP contribution >= 0.6 is 0 Å². The van der Waals surface area contributed by atoms with E-state index >= 15 is 0 Å². The van der Waals surface area contributed by atoms with Gasteiger partial charge in [-0.15, -0.1) is 0 Å². The molecule has 0 saturated carbocycles. The molecule has 1 amide bonds. The molecule has 1 fully saturated rings. The highest BCUT2D eigenvalue weighted by atomic mass is 16.2. The second-order valence-electron chi connectivity index (χ2n) is 2.93. The van der Waals surface area contributed by atoms with Crippen LogP contribution in [0.2, 0.25) is 0 Å². The lowest BCUT2D eigenvalue weighted by atomic mass is 10.1. The number of hydrogen-bond donors (Lipinski definition) is 0. The van der Waals surface area contributed by atoms with Gasteiger partial charge in [0.1, 0.15) is 0 Å². The Bertz CT molecular complexity index is 184. The van der Waals surface area contributed by atoms with Crippen molar-refractivity contribution in [3.8, 4) is 0 Å². The van der Waals surface area contributed by atoms with E-state index in [9.17, 15) is 4.79 Å². The van der Waals surface area contributed by atoms with Gasteiger partial charge in [0.2, 0.25) is 5.91 Å². The number of amides is 1. The van der Waals surface area contributed by atoms with Crippen molar-refractivity contribution >= 4 is 5.91 Å². The Hall–Kier alpha value is -0.790. The van der Waals surface area contributed by atoms with E-state index in [-0.39, 0.29) is 5.91 Å². The number of carbonyl (C=O) groups excluding carboxylic acids is 1. The van der Waals surface area contributed by atoms with Crippen molar-refractivity contribution in [3.05, 3.63) is 11.8 Å². The van der Waals surface area contributed by atoms with Gasteiger partial charge in [-0.05, 0) is 26.7 Å². The first kappa shape index (κ1) is 8.31. The van der Waals surface area contributed by atoms with E-state index < -0.39 is 0 Å². The predicted octanol–water partition coefficient (Wildman–Crippen LogP) is 1.92. The Morgan fingerprint density at radius 2 is 2.27 bits per heavy atom. The van der Waals surface area contributed by atoms with Crippen LogP contribution in [0.1, 0.15) is 33.1 Å². The van der Waals surface area contributed by atoms with E-state index in [1.54, 1.807) is 0 Å². The largest absolute Gasteiger partial charge is 0.317 e. The van der Waals surface area contributed by atoms with Crippen LogP contribution in [0.15, 0.2) is 11.8 Å². The molecule has 0 aromatic carbocycles. The third-order valence-corrected chi connectivity index (χ3v) is 2.17. The monoisotopic (exact) mass is 153 g/mol. The molecule has 1 saturated heterocycles. The second-order valence-corrected chi connectivity index (χ2v) is 2.93. The molecular weight excluding hydrogens is 138 g/mol. The third-order valence-electron chi connectivity index (χ3n) is 2.17. The topological polar surface area (TPSA) is 20.3 Å². The molecule has 0 unspecified atom stereocenters. The van der Waals surface area contributed by atoms with Crippen molar-refractivity contribution in [1.29, 1.82) is 0 Å². The molecular formula is C9H15NO. The molecule has 1 aliphatic rings. The summed E-state index contributed by atoms with van der Waals surface area (Å²) in [7, 11) is 0. The molecule has 2 nitrogen and oxygen atoms in total. The first-order valence-electron chi connectivity index (χ1n) is 4.19. The minimum Gasteiger partial charge on any atom is -0.317 e. The van der Waals surface area contributed by atoms with Gasteiger partial charge in [0.25, 0.3) is 0 Å². The average Bonchev–Trinajstić information content (AvgIpc) is 2.04. The number of nitrogens with zero attached hydrogens (tertiary/aromatic N) is 1. The Labute approximate surface area is 67.9 Å². The standard InChI is InChI=1S/C9H15NO/c1-3-8(2)10-7-5-4-6-9(10)11/h3H,4-7H2,1-2H3. The average molecular weight is 153 g/mol. The lowest BCUT2D eigenvalue weighted by Crippen LogP contribution is -2.33. The number of likely N-dealkylation sites (tertiary alicyclic amines) is 1. The molecule has 0 aromatic rings. The van der Waals surface area contributed by atoms with Crippen molar-refractivity contribution in [2.45, 2.75) is 33.1 Å². The van der Waals surface area contributed by atoms with Gasteiger partial charge in [-0.2, -0.15) is 0 Å². The molecule has 1 rings (SSSR count). The molecule has 1 heterocycles. The van der Waals surface area contributed by atoms with Gasteiger partial charge in [0.05, 0.1) is 0 Å². The molecule has 0 atom stereocenters. The third kappa shape index (κ3) is 1.82. The Morgan fingerprint density at radius 3 is 2.82 bits per heavy atom.